The summed E-state index contributed by atoms with van der Waals surface area (Å²) in [7, 11) is 0. The predicted molar refractivity (Wildman–Crippen MR) is 201 cm³/mol. The number of hydrogen-bond donors (Lipinski definition) is 10. The first-order chi connectivity index (χ1) is 26.6. The van der Waals surface area contributed by atoms with Gasteiger partial charge in [-0.3, -0.25) is 0 Å². The highest BCUT2D eigenvalue weighted by Crippen LogP contribution is 2.76. The zero-order valence-corrected chi connectivity index (χ0v) is 34.2. The molecule has 0 unspecified atom stereocenters. The Morgan fingerprint density at radius 3 is 2.07 bits per heavy atom. The van der Waals surface area contributed by atoms with Crippen molar-refractivity contribution >= 4 is 5.97 Å². The molecule has 326 valence electrons. The predicted octanol–water partition coefficient (Wildman–Crippen LogP) is 0.825. The second-order valence-corrected chi connectivity index (χ2v) is 20.6. The van der Waals surface area contributed by atoms with Crippen molar-refractivity contribution in [2.75, 3.05) is 19.8 Å². The second kappa shape index (κ2) is 14.9. The van der Waals surface area contributed by atoms with Crippen molar-refractivity contribution in [1.29, 1.82) is 0 Å². The molecule has 5 aliphatic carbocycles. The number of hydrogen-bond acceptors (Lipinski definition) is 14. The van der Waals surface area contributed by atoms with E-state index in [1.807, 2.05) is 6.92 Å². The van der Waals surface area contributed by atoms with Crippen molar-refractivity contribution < 1.29 is 74.8 Å². The van der Waals surface area contributed by atoms with Crippen LogP contribution >= 0.6 is 0 Å². The fraction of sp³-hybridized carbons (Fsp3) is 0.929. The van der Waals surface area contributed by atoms with Crippen LogP contribution in [0.4, 0.5) is 0 Å². The summed E-state index contributed by atoms with van der Waals surface area (Å²) in [5.74, 6) is -1.20. The van der Waals surface area contributed by atoms with Gasteiger partial charge in [-0.25, -0.2) is 4.79 Å². The molecule has 4 saturated carbocycles. The van der Waals surface area contributed by atoms with E-state index in [1.165, 1.54) is 5.57 Å². The van der Waals surface area contributed by atoms with Crippen LogP contribution in [0.2, 0.25) is 0 Å². The summed E-state index contributed by atoms with van der Waals surface area (Å²) in [5, 5.41) is 106. The molecule has 7 aliphatic rings. The number of allylic oxidation sites excluding steroid dienone is 2. The number of carboxylic acid groups (broad SMARTS) is 1. The van der Waals surface area contributed by atoms with E-state index in [1.54, 1.807) is 0 Å². The largest absolute Gasteiger partial charge is 0.479 e. The number of aliphatic hydroxyl groups is 9. The standard InChI is InChI=1S/C42H68O15/c1-37(18-44)15-21-20-7-8-24-39(3)11-10-26(40(4,19-45)23(39)9-12-42(24,6)41(20,5)14-13-38(21,2)25(46)16-37)55-36-33(30(50)29(49)32(56-36)34(52)53)57-35-31(51)28(48)27(47)22(17-43)54-35/h7,21-33,35-36,43-51H,8-19H2,1-6H3,(H,52,53)/t21-,22-,23+,24-,25-,26+,27-,28+,29+,30+,31-,32+,33-,35+,36-,37-,38-,39+,40-,41-,42-/m1/s1. The van der Waals surface area contributed by atoms with Gasteiger partial charge in [0, 0.05) is 17.4 Å². The van der Waals surface area contributed by atoms with Gasteiger partial charge in [-0.2, -0.15) is 0 Å². The molecule has 2 heterocycles. The van der Waals surface area contributed by atoms with Gasteiger partial charge in [-0.15, -0.1) is 0 Å². The summed E-state index contributed by atoms with van der Waals surface area (Å²) in [4.78, 5) is 12.2. The molecular formula is C42H68O15. The summed E-state index contributed by atoms with van der Waals surface area (Å²) in [6, 6.07) is 0. The maximum absolute atomic E-state index is 12.2. The van der Waals surface area contributed by atoms with E-state index >= 15 is 0 Å². The first-order valence-electron chi connectivity index (χ1n) is 21.1. The Morgan fingerprint density at radius 1 is 0.737 bits per heavy atom. The fourth-order valence-electron chi connectivity index (χ4n) is 13.7. The Kier molecular flexibility index (Phi) is 11.5. The Balaban J connectivity index is 1.17. The summed E-state index contributed by atoms with van der Waals surface area (Å²) in [6.07, 6.45) is -9.40. The highest BCUT2D eigenvalue weighted by Gasteiger charge is 2.70. The first-order valence-corrected chi connectivity index (χ1v) is 21.1. The Labute approximate surface area is 335 Å². The summed E-state index contributed by atoms with van der Waals surface area (Å²) >= 11 is 0. The van der Waals surface area contributed by atoms with E-state index in [9.17, 15) is 55.9 Å². The summed E-state index contributed by atoms with van der Waals surface area (Å²) in [6.45, 7) is 12.5. The van der Waals surface area contributed by atoms with Crippen LogP contribution in [-0.2, 0) is 23.7 Å². The molecule has 15 nitrogen and oxygen atoms in total. The molecule has 2 saturated heterocycles. The average Bonchev–Trinajstić information content (AvgIpc) is 3.16. The Hall–Kier alpha value is -1.31. The minimum absolute atomic E-state index is 0.0340. The third-order valence-corrected chi connectivity index (χ3v) is 17.7. The number of carboxylic acids is 1. The number of aliphatic hydroxyl groups excluding tert-OH is 9. The lowest BCUT2D eigenvalue weighted by Gasteiger charge is -2.72. The zero-order valence-electron chi connectivity index (χ0n) is 34.2. The SMILES string of the molecule is C[C@]1(CO)C[C@@H](O)[C@]2(C)CC[C@]3(C)C(=CC[C@@H]4[C@@]5(C)CC[C@H](O[C@@H]6O[C@H](C(=O)O)[C@@H](O)[C@H](O)[C@H]6O[C@@H]6O[C@H](CO)[C@@H](O)[C@H](O)[C@H]6O)[C@](C)(CO)[C@H]5CC[C@]43C)[C@H]2C1. The monoisotopic (exact) mass is 812 g/mol. The molecular weight excluding hydrogens is 744 g/mol. The third-order valence-electron chi connectivity index (χ3n) is 17.7. The molecule has 21 atom stereocenters. The van der Waals surface area contributed by atoms with Gasteiger partial charge in [0.1, 0.15) is 42.7 Å². The van der Waals surface area contributed by atoms with Gasteiger partial charge in [0.15, 0.2) is 18.7 Å². The molecule has 15 heteroatoms. The third kappa shape index (κ3) is 6.43. The molecule has 0 aromatic heterocycles. The Morgan fingerprint density at radius 2 is 1.44 bits per heavy atom. The van der Waals surface area contributed by atoms with Crippen molar-refractivity contribution in [2.24, 2.45) is 50.2 Å². The van der Waals surface area contributed by atoms with Gasteiger partial charge in [-0.1, -0.05) is 53.2 Å². The van der Waals surface area contributed by atoms with Crippen LogP contribution in [0.15, 0.2) is 11.6 Å². The van der Waals surface area contributed by atoms with E-state index in [2.05, 4.69) is 40.7 Å². The van der Waals surface area contributed by atoms with Gasteiger partial charge in [0.2, 0.25) is 0 Å². The highest BCUT2D eigenvalue weighted by atomic mass is 16.8. The lowest BCUT2D eigenvalue weighted by molar-refractivity contribution is -0.375. The van der Waals surface area contributed by atoms with Crippen molar-refractivity contribution in [2.45, 2.75) is 173 Å². The quantitative estimate of drug-likeness (QED) is 0.120. The van der Waals surface area contributed by atoms with Crippen LogP contribution < -0.4 is 0 Å². The van der Waals surface area contributed by atoms with Crippen molar-refractivity contribution in [3.63, 3.8) is 0 Å². The molecule has 57 heavy (non-hydrogen) atoms. The molecule has 0 radical (unpaired) electrons. The van der Waals surface area contributed by atoms with E-state index in [-0.39, 0.29) is 58.0 Å². The van der Waals surface area contributed by atoms with E-state index in [0.29, 0.717) is 19.3 Å². The number of rotatable bonds is 8. The van der Waals surface area contributed by atoms with Crippen LogP contribution in [0.3, 0.4) is 0 Å². The Bertz CT molecular complexity index is 1540. The van der Waals surface area contributed by atoms with E-state index in [4.69, 9.17) is 18.9 Å². The van der Waals surface area contributed by atoms with Crippen molar-refractivity contribution in [3.8, 4) is 0 Å². The maximum Gasteiger partial charge on any atom is 0.335 e. The van der Waals surface area contributed by atoms with Crippen LogP contribution in [0.5, 0.6) is 0 Å². The molecule has 0 aromatic carbocycles. The topological polar surface area (TPSA) is 256 Å². The average molecular weight is 813 g/mol. The van der Waals surface area contributed by atoms with E-state index in [0.717, 1.165) is 38.5 Å². The molecule has 2 aliphatic heterocycles. The molecule has 0 bridgehead atoms. The van der Waals surface area contributed by atoms with Crippen LogP contribution in [0.25, 0.3) is 0 Å². The zero-order chi connectivity index (χ0) is 41.8. The minimum Gasteiger partial charge on any atom is -0.479 e. The molecule has 6 fully saturated rings. The first kappa shape index (κ1) is 43.8. The van der Waals surface area contributed by atoms with Gasteiger partial charge in [0.05, 0.1) is 25.4 Å². The minimum atomic E-state index is -1.98. The lowest BCUT2D eigenvalue weighted by atomic mass is 9.33. The summed E-state index contributed by atoms with van der Waals surface area (Å²) < 4.78 is 23.8. The van der Waals surface area contributed by atoms with Crippen LogP contribution in [0, 0.1) is 50.2 Å². The fourth-order valence-corrected chi connectivity index (χ4v) is 13.7. The summed E-state index contributed by atoms with van der Waals surface area (Å²) in [5.41, 5.74) is -0.561. The number of ether oxygens (including phenoxy) is 4. The van der Waals surface area contributed by atoms with Gasteiger partial charge < -0.3 is 70.0 Å². The van der Waals surface area contributed by atoms with Gasteiger partial charge >= 0.3 is 5.97 Å². The molecule has 10 N–H and O–H groups in total. The van der Waals surface area contributed by atoms with E-state index < -0.39 is 91.6 Å². The number of carbonyl (C=O) groups is 1. The van der Waals surface area contributed by atoms with Gasteiger partial charge in [0.25, 0.3) is 0 Å². The lowest BCUT2D eigenvalue weighted by Crippen LogP contribution is -2.68. The second-order valence-electron chi connectivity index (χ2n) is 20.6. The number of aliphatic carboxylic acids is 1. The molecule has 0 spiro atoms. The number of fused-ring (bicyclic) bond motifs is 7. The van der Waals surface area contributed by atoms with Gasteiger partial charge in [-0.05, 0) is 97.2 Å². The smallest absolute Gasteiger partial charge is 0.335 e. The highest BCUT2D eigenvalue weighted by molar-refractivity contribution is 5.73. The van der Waals surface area contributed by atoms with Crippen molar-refractivity contribution in [1.82, 2.24) is 0 Å². The molecule has 7 rings (SSSR count). The normalized spacial score (nSPS) is 56.4. The van der Waals surface area contributed by atoms with Crippen LogP contribution in [-0.4, -0.2) is 150 Å². The van der Waals surface area contributed by atoms with Crippen LogP contribution in [0.1, 0.15) is 99.3 Å². The molecule has 0 aromatic rings. The van der Waals surface area contributed by atoms with Crippen molar-refractivity contribution in [3.05, 3.63) is 11.6 Å². The molecule has 0 amide bonds. The maximum atomic E-state index is 12.2.